The zero-order valence-electron chi connectivity index (χ0n) is 9.38. The van der Waals surface area contributed by atoms with Crippen LogP contribution < -0.4 is 0 Å². The number of hydrogen-bond acceptors (Lipinski definition) is 2. The highest BCUT2D eigenvalue weighted by Gasteiger charge is 2.34. The van der Waals surface area contributed by atoms with Crippen molar-refractivity contribution >= 4 is 0 Å². The van der Waals surface area contributed by atoms with Gasteiger partial charge in [0, 0.05) is 5.41 Å². The van der Waals surface area contributed by atoms with Crippen molar-refractivity contribution in [1.29, 1.82) is 0 Å². The van der Waals surface area contributed by atoms with E-state index in [1.54, 1.807) is 0 Å². The first kappa shape index (κ1) is 12.9. The summed E-state index contributed by atoms with van der Waals surface area (Å²) in [5.41, 5.74) is -0.282. The van der Waals surface area contributed by atoms with Crippen LogP contribution in [0.4, 0.5) is 0 Å². The van der Waals surface area contributed by atoms with E-state index in [1.807, 2.05) is 13.8 Å². The lowest BCUT2D eigenvalue weighted by atomic mass is 9.74. The number of hydrogen-bond donors (Lipinski definition) is 2. The summed E-state index contributed by atoms with van der Waals surface area (Å²) in [6.45, 7) is 8.38. The molecule has 1 unspecified atom stereocenters. The van der Waals surface area contributed by atoms with Gasteiger partial charge in [-0.2, -0.15) is 0 Å². The van der Waals surface area contributed by atoms with Crippen LogP contribution in [-0.4, -0.2) is 16.5 Å². The maximum atomic E-state index is 9.36. The van der Waals surface area contributed by atoms with Gasteiger partial charge in [-0.25, -0.2) is 0 Å². The third-order valence-electron chi connectivity index (χ3n) is 3.41. The highest BCUT2D eigenvalue weighted by molar-refractivity contribution is 4.80. The van der Waals surface area contributed by atoms with E-state index in [0.29, 0.717) is 5.92 Å². The summed E-state index contributed by atoms with van der Waals surface area (Å²) in [6, 6.07) is 0. The van der Waals surface area contributed by atoms with Crippen LogP contribution in [0.15, 0.2) is 0 Å². The Bertz CT molecular complexity index is 128. The number of rotatable bonds is 6. The second kappa shape index (κ2) is 5.61. The van der Waals surface area contributed by atoms with Crippen LogP contribution in [0, 0.1) is 11.3 Å². The van der Waals surface area contributed by atoms with E-state index in [-0.39, 0.29) is 5.41 Å². The molecule has 0 aromatic heterocycles. The Kier molecular flexibility index (Phi) is 5.57. The summed E-state index contributed by atoms with van der Waals surface area (Å²) in [5.74, 6) is 0.571. The minimum atomic E-state index is -1.17. The highest BCUT2D eigenvalue weighted by atomic mass is 16.5. The molecule has 0 aliphatic heterocycles. The molecule has 13 heavy (non-hydrogen) atoms. The molecule has 0 aliphatic carbocycles. The second-order valence-electron chi connectivity index (χ2n) is 4.16. The van der Waals surface area contributed by atoms with Gasteiger partial charge < -0.3 is 10.2 Å². The van der Waals surface area contributed by atoms with Crippen molar-refractivity contribution in [3.05, 3.63) is 0 Å². The zero-order chi connectivity index (χ0) is 10.5. The summed E-state index contributed by atoms with van der Waals surface area (Å²) >= 11 is 0. The summed E-state index contributed by atoms with van der Waals surface area (Å²) in [5, 5.41) is 18.7. The Morgan fingerprint density at radius 1 is 1.08 bits per heavy atom. The van der Waals surface area contributed by atoms with Crippen LogP contribution in [-0.2, 0) is 0 Å². The van der Waals surface area contributed by atoms with Crippen molar-refractivity contribution in [2.24, 2.45) is 11.3 Å². The topological polar surface area (TPSA) is 40.5 Å². The second-order valence-corrected chi connectivity index (χ2v) is 4.16. The molecule has 2 N–H and O–H groups in total. The largest absolute Gasteiger partial charge is 0.368 e. The quantitative estimate of drug-likeness (QED) is 0.629. The molecule has 0 saturated carbocycles. The summed E-state index contributed by atoms with van der Waals surface area (Å²) in [4.78, 5) is 0. The monoisotopic (exact) mass is 188 g/mol. The summed E-state index contributed by atoms with van der Waals surface area (Å²) in [6.07, 6.45) is 2.52. The van der Waals surface area contributed by atoms with Gasteiger partial charge in [-0.15, -0.1) is 0 Å². The van der Waals surface area contributed by atoms with Crippen LogP contribution >= 0.6 is 0 Å². The molecule has 0 saturated heterocycles. The Hall–Kier alpha value is -0.0800. The Balaban J connectivity index is 4.38. The Morgan fingerprint density at radius 3 is 1.77 bits per heavy atom. The minimum absolute atomic E-state index is 0.282. The maximum Gasteiger partial charge on any atom is 0.157 e. The van der Waals surface area contributed by atoms with Crippen molar-refractivity contribution in [3.63, 3.8) is 0 Å². The first-order valence-electron chi connectivity index (χ1n) is 5.38. The average molecular weight is 188 g/mol. The van der Waals surface area contributed by atoms with Gasteiger partial charge in [0.05, 0.1) is 0 Å². The molecule has 0 heterocycles. The van der Waals surface area contributed by atoms with Gasteiger partial charge in [0.2, 0.25) is 0 Å². The van der Waals surface area contributed by atoms with Crippen LogP contribution in [0.3, 0.4) is 0 Å². The van der Waals surface area contributed by atoms with Crippen molar-refractivity contribution < 1.29 is 10.2 Å². The van der Waals surface area contributed by atoms with E-state index in [1.165, 1.54) is 0 Å². The Labute approximate surface area is 82.0 Å². The molecule has 0 amide bonds. The number of aliphatic hydroxyl groups is 2. The first-order chi connectivity index (χ1) is 6.02. The van der Waals surface area contributed by atoms with Gasteiger partial charge in [-0.1, -0.05) is 34.1 Å². The maximum absolute atomic E-state index is 9.36. The molecule has 0 bridgehead atoms. The standard InChI is InChI=1S/C11H24O2/c1-5-9(4)8-11(6-2,7-3)10(12)13/h9-10,12-13H,5-8H2,1-4H3. The van der Waals surface area contributed by atoms with Crippen molar-refractivity contribution in [1.82, 2.24) is 0 Å². The normalized spacial score (nSPS) is 15.0. The van der Waals surface area contributed by atoms with Crippen LogP contribution in [0.5, 0.6) is 0 Å². The van der Waals surface area contributed by atoms with E-state index < -0.39 is 6.29 Å². The first-order valence-corrected chi connectivity index (χ1v) is 5.38. The Morgan fingerprint density at radius 2 is 1.54 bits per heavy atom. The predicted octanol–water partition coefficient (Wildman–Crippen LogP) is 2.54. The van der Waals surface area contributed by atoms with E-state index >= 15 is 0 Å². The van der Waals surface area contributed by atoms with E-state index in [0.717, 1.165) is 25.7 Å². The molecular weight excluding hydrogens is 164 g/mol. The lowest BCUT2D eigenvalue weighted by Crippen LogP contribution is -2.35. The SMILES string of the molecule is CCC(C)CC(CC)(CC)C(O)O. The fourth-order valence-corrected chi connectivity index (χ4v) is 1.85. The fourth-order valence-electron chi connectivity index (χ4n) is 1.85. The van der Waals surface area contributed by atoms with Gasteiger partial charge in [0.15, 0.2) is 6.29 Å². The molecule has 0 radical (unpaired) electrons. The summed E-state index contributed by atoms with van der Waals surface area (Å²) in [7, 11) is 0. The van der Waals surface area contributed by atoms with Gasteiger partial charge in [-0.05, 0) is 25.2 Å². The van der Waals surface area contributed by atoms with Crippen molar-refractivity contribution in [2.75, 3.05) is 0 Å². The molecule has 0 fully saturated rings. The molecular formula is C11H24O2. The van der Waals surface area contributed by atoms with Gasteiger partial charge >= 0.3 is 0 Å². The number of aliphatic hydroxyl groups excluding tert-OH is 1. The van der Waals surface area contributed by atoms with Crippen molar-refractivity contribution in [3.8, 4) is 0 Å². The molecule has 0 rings (SSSR count). The predicted molar refractivity (Wildman–Crippen MR) is 55.3 cm³/mol. The lowest BCUT2D eigenvalue weighted by Gasteiger charge is -2.35. The summed E-state index contributed by atoms with van der Waals surface area (Å²) < 4.78 is 0. The van der Waals surface area contributed by atoms with Gasteiger partial charge in [-0.3, -0.25) is 0 Å². The smallest absolute Gasteiger partial charge is 0.157 e. The highest BCUT2D eigenvalue weighted by Crippen LogP contribution is 2.37. The molecule has 2 nitrogen and oxygen atoms in total. The lowest BCUT2D eigenvalue weighted by molar-refractivity contribution is -0.146. The molecule has 1 atom stereocenters. The molecule has 80 valence electrons. The van der Waals surface area contributed by atoms with Crippen LogP contribution in [0.1, 0.15) is 53.4 Å². The van der Waals surface area contributed by atoms with Crippen LogP contribution in [0.2, 0.25) is 0 Å². The van der Waals surface area contributed by atoms with E-state index in [2.05, 4.69) is 13.8 Å². The third kappa shape index (κ3) is 3.28. The van der Waals surface area contributed by atoms with Crippen LogP contribution in [0.25, 0.3) is 0 Å². The fraction of sp³-hybridized carbons (Fsp3) is 1.00. The van der Waals surface area contributed by atoms with E-state index in [4.69, 9.17) is 0 Å². The van der Waals surface area contributed by atoms with E-state index in [9.17, 15) is 10.2 Å². The zero-order valence-corrected chi connectivity index (χ0v) is 9.38. The minimum Gasteiger partial charge on any atom is -0.368 e. The molecule has 0 aliphatic rings. The average Bonchev–Trinajstić information content (AvgIpc) is 2.13. The third-order valence-corrected chi connectivity index (χ3v) is 3.41. The molecule has 0 aromatic rings. The van der Waals surface area contributed by atoms with Gasteiger partial charge in [0.1, 0.15) is 0 Å². The van der Waals surface area contributed by atoms with Crippen molar-refractivity contribution in [2.45, 2.75) is 59.7 Å². The molecule has 0 aromatic carbocycles. The molecule has 0 spiro atoms. The molecule has 2 heteroatoms. The van der Waals surface area contributed by atoms with Gasteiger partial charge in [0.25, 0.3) is 0 Å².